The number of pyridine rings is 1. The highest BCUT2D eigenvalue weighted by Gasteiger charge is 2.03. The van der Waals surface area contributed by atoms with Crippen molar-refractivity contribution in [2.75, 3.05) is 6.54 Å². The molecule has 0 aliphatic carbocycles. The maximum atomic E-state index is 11.8. The Balaban J connectivity index is 2.26. The molecule has 16 heavy (non-hydrogen) atoms. The van der Waals surface area contributed by atoms with E-state index in [-0.39, 0.29) is 5.56 Å². The quantitative estimate of drug-likeness (QED) is 0.852. The summed E-state index contributed by atoms with van der Waals surface area (Å²) < 4.78 is 0. The molecular weight excluding hydrogens is 220 g/mol. The second kappa shape index (κ2) is 5.09. The smallest absolute Gasteiger partial charge is 0.252 e. The van der Waals surface area contributed by atoms with Crippen molar-refractivity contribution < 1.29 is 0 Å². The second-order valence-corrected chi connectivity index (χ2v) is 4.43. The zero-order valence-corrected chi connectivity index (χ0v) is 9.93. The molecule has 0 aliphatic rings. The van der Waals surface area contributed by atoms with Gasteiger partial charge in [-0.15, -0.1) is 11.3 Å². The Morgan fingerprint density at radius 2 is 2.25 bits per heavy atom. The molecule has 0 aliphatic heterocycles. The highest BCUT2D eigenvalue weighted by molar-refractivity contribution is 7.13. The molecule has 2 N–H and O–H groups in total. The average molecular weight is 234 g/mol. The molecule has 0 bridgehead atoms. The largest absolute Gasteiger partial charge is 0.321 e. The van der Waals surface area contributed by atoms with E-state index in [1.165, 1.54) is 0 Å². The van der Waals surface area contributed by atoms with Gasteiger partial charge in [-0.25, -0.2) is 0 Å². The van der Waals surface area contributed by atoms with Crippen LogP contribution in [0, 0.1) is 0 Å². The van der Waals surface area contributed by atoms with E-state index in [0.29, 0.717) is 6.54 Å². The van der Waals surface area contributed by atoms with Crippen molar-refractivity contribution in [3.63, 3.8) is 0 Å². The van der Waals surface area contributed by atoms with Gasteiger partial charge in [0.15, 0.2) is 0 Å². The molecule has 2 heterocycles. The first-order valence-corrected chi connectivity index (χ1v) is 6.16. The van der Waals surface area contributed by atoms with Crippen molar-refractivity contribution in [3.05, 3.63) is 45.6 Å². The van der Waals surface area contributed by atoms with Crippen molar-refractivity contribution in [1.29, 1.82) is 0 Å². The van der Waals surface area contributed by atoms with E-state index < -0.39 is 0 Å². The van der Waals surface area contributed by atoms with Crippen LogP contribution in [0.4, 0.5) is 0 Å². The molecule has 2 rings (SSSR count). The lowest BCUT2D eigenvalue weighted by molar-refractivity contribution is 0.720. The number of hydrogen-bond acceptors (Lipinski definition) is 3. The summed E-state index contributed by atoms with van der Waals surface area (Å²) in [6.45, 7) is 3.51. The van der Waals surface area contributed by atoms with Crippen molar-refractivity contribution in [2.45, 2.75) is 13.5 Å². The van der Waals surface area contributed by atoms with Gasteiger partial charge in [-0.05, 0) is 24.1 Å². The molecule has 0 atom stereocenters. The van der Waals surface area contributed by atoms with Gasteiger partial charge >= 0.3 is 0 Å². The Morgan fingerprint density at radius 1 is 1.38 bits per heavy atom. The number of aromatic nitrogens is 1. The first-order chi connectivity index (χ1) is 7.81. The maximum absolute atomic E-state index is 11.8. The Labute approximate surface area is 98.2 Å². The number of H-pyrrole nitrogens is 1. The number of thiophene rings is 1. The van der Waals surface area contributed by atoms with Gasteiger partial charge in [-0.2, -0.15) is 0 Å². The van der Waals surface area contributed by atoms with Gasteiger partial charge in [0.25, 0.3) is 5.56 Å². The van der Waals surface area contributed by atoms with Gasteiger partial charge in [-0.3, -0.25) is 4.79 Å². The minimum absolute atomic E-state index is 0.00755. The van der Waals surface area contributed by atoms with Gasteiger partial charge in [-0.1, -0.05) is 19.1 Å². The fraction of sp³-hybridized carbons (Fsp3) is 0.250. The van der Waals surface area contributed by atoms with Crippen molar-refractivity contribution in [3.8, 4) is 10.6 Å². The first kappa shape index (κ1) is 11.1. The number of aromatic amines is 1. The van der Waals surface area contributed by atoms with Gasteiger partial charge in [0.05, 0.1) is 10.6 Å². The lowest BCUT2D eigenvalue weighted by Gasteiger charge is -2.02. The van der Waals surface area contributed by atoms with Gasteiger partial charge in [0.1, 0.15) is 0 Å². The molecule has 0 amide bonds. The number of hydrogen-bond donors (Lipinski definition) is 2. The molecule has 4 heteroatoms. The molecule has 2 aromatic rings. The molecule has 0 unspecified atom stereocenters. The Kier molecular flexibility index (Phi) is 3.54. The Morgan fingerprint density at radius 3 is 2.88 bits per heavy atom. The summed E-state index contributed by atoms with van der Waals surface area (Å²) >= 11 is 1.62. The van der Waals surface area contributed by atoms with Gasteiger partial charge in [0.2, 0.25) is 0 Å². The summed E-state index contributed by atoms with van der Waals surface area (Å²) in [6, 6.07) is 7.82. The lowest BCUT2D eigenvalue weighted by Crippen LogP contribution is -2.20. The number of nitrogens with one attached hydrogen (secondary N) is 2. The summed E-state index contributed by atoms with van der Waals surface area (Å²) in [7, 11) is 0. The zero-order chi connectivity index (χ0) is 11.4. The molecule has 0 aromatic carbocycles. The van der Waals surface area contributed by atoms with Crippen LogP contribution in [0.15, 0.2) is 34.4 Å². The van der Waals surface area contributed by atoms with Crippen LogP contribution in [-0.4, -0.2) is 11.5 Å². The minimum atomic E-state index is -0.00755. The molecule has 0 saturated heterocycles. The van der Waals surface area contributed by atoms with E-state index in [2.05, 4.69) is 10.3 Å². The van der Waals surface area contributed by atoms with Crippen LogP contribution in [0.25, 0.3) is 10.6 Å². The van der Waals surface area contributed by atoms with E-state index in [9.17, 15) is 4.79 Å². The molecule has 0 fully saturated rings. The van der Waals surface area contributed by atoms with Crippen LogP contribution >= 0.6 is 11.3 Å². The van der Waals surface area contributed by atoms with Crippen molar-refractivity contribution >= 4 is 11.3 Å². The average Bonchev–Trinajstić information content (AvgIpc) is 2.81. The molecule has 0 spiro atoms. The third-order valence-corrected chi connectivity index (χ3v) is 3.25. The van der Waals surface area contributed by atoms with Crippen LogP contribution < -0.4 is 10.9 Å². The normalized spacial score (nSPS) is 10.6. The Hall–Kier alpha value is -1.39. The standard InChI is InChI=1S/C12H14N2OS/c1-2-13-8-9-5-6-10(14-12(9)15)11-4-3-7-16-11/h3-7,13H,2,8H2,1H3,(H,14,15). The predicted octanol–water partition coefficient (Wildman–Crippen LogP) is 2.21. The second-order valence-electron chi connectivity index (χ2n) is 3.48. The fourth-order valence-corrected chi connectivity index (χ4v) is 2.19. The topological polar surface area (TPSA) is 44.9 Å². The van der Waals surface area contributed by atoms with Gasteiger partial charge < -0.3 is 10.3 Å². The van der Waals surface area contributed by atoms with E-state index in [0.717, 1.165) is 22.7 Å². The van der Waals surface area contributed by atoms with Crippen molar-refractivity contribution in [2.24, 2.45) is 0 Å². The molecule has 0 radical (unpaired) electrons. The van der Waals surface area contributed by atoms with Crippen LogP contribution in [0.5, 0.6) is 0 Å². The van der Waals surface area contributed by atoms with E-state index in [1.54, 1.807) is 11.3 Å². The molecule has 3 nitrogen and oxygen atoms in total. The highest BCUT2D eigenvalue weighted by atomic mass is 32.1. The van der Waals surface area contributed by atoms with Crippen LogP contribution in [0.3, 0.4) is 0 Å². The maximum Gasteiger partial charge on any atom is 0.252 e. The van der Waals surface area contributed by atoms with E-state index >= 15 is 0 Å². The summed E-state index contributed by atoms with van der Waals surface area (Å²) in [5.74, 6) is 0. The van der Waals surface area contributed by atoms with E-state index in [1.807, 2.05) is 36.6 Å². The van der Waals surface area contributed by atoms with Crippen LogP contribution in [0.2, 0.25) is 0 Å². The Bertz CT molecular complexity index is 502. The number of rotatable bonds is 4. The van der Waals surface area contributed by atoms with Crippen molar-refractivity contribution in [1.82, 2.24) is 10.3 Å². The molecular formula is C12H14N2OS. The molecule has 2 aromatic heterocycles. The first-order valence-electron chi connectivity index (χ1n) is 5.28. The summed E-state index contributed by atoms with van der Waals surface area (Å²) in [4.78, 5) is 15.7. The zero-order valence-electron chi connectivity index (χ0n) is 9.12. The SMILES string of the molecule is CCNCc1ccc(-c2cccs2)[nH]c1=O. The summed E-state index contributed by atoms with van der Waals surface area (Å²) in [5.41, 5.74) is 1.66. The lowest BCUT2D eigenvalue weighted by atomic mass is 10.2. The third kappa shape index (κ3) is 2.40. The molecule has 84 valence electrons. The minimum Gasteiger partial charge on any atom is -0.321 e. The highest BCUT2D eigenvalue weighted by Crippen LogP contribution is 2.21. The third-order valence-electron chi connectivity index (χ3n) is 2.34. The molecule has 0 saturated carbocycles. The summed E-state index contributed by atoms with van der Waals surface area (Å²) in [6.07, 6.45) is 0. The van der Waals surface area contributed by atoms with E-state index in [4.69, 9.17) is 0 Å². The monoisotopic (exact) mass is 234 g/mol. The fourth-order valence-electron chi connectivity index (χ4n) is 1.48. The van der Waals surface area contributed by atoms with Crippen LogP contribution in [0.1, 0.15) is 12.5 Å². The predicted molar refractivity (Wildman–Crippen MR) is 67.8 cm³/mol. The van der Waals surface area contributed by atoms with Crippen LogP contribution in [-0.2, 0) is 6.54 Å². The van der Waals surface area contributed by atoms with Gasteiger partial charge in [0, 0.05) is 12.1 Å². The summed E-state index contributed by atoms with van der Waals surface area (Å²) in [5, 5.41) is 5.14.